The third-order valence-corrected chi connectivity index (χ3v) is 12.0. The van der Waals surface area contributed by atoms with Crippen molar-refractivity contribution in [1.82, 2.24) is 0 Å². The summed E-state index contributed by atoms with van der Waals surface area (Å²) in [7, 11) is 0. The molecule has 0 N–H and O–H groups in total. The van der Waals surface area contributed by atoms with Crippen molar-refractivity contribution in [3.8, 4) is 0 Å². The van der Waals surface area contributed by atoms with Gasteiger partial charge in [0.15, 0.2) is 0 Å². The number of rotatable bonds is 10. The van der Waals surface area contributed by atoms with Crippen molar-refractivity contribution in [2.75, 3.05) is 26.4 Å². The summed E-state index contributed by atoms with van der Waals surface area (Å²) in [6.45, 7) is 9.10. The van der Waals surface area contributed by atoms with Crippen LogP contribution in [0.25, 0.3) is 0 Å². The molecule has 31 heavy (non-hydrogen) atoms. The predicted octanol–water partition coefficient (Wildman–Crippen LogP) is 6.83. The number of ether oxygens (including phenoxy) is 2. The standard InChI is InChI=1S/C29H48O2/c1-18-19(2)27-15-26(18)28(16-30-9-7-24-13-20-3-5-22(24)11-20)29(27)17-31-10-8-25-14-21-4-6-23(25)12-21/h18-29H,3-17H2,1-2H3/t18?,19?,20?,21?,22?,23?,24?,25?,26?,27?,28-,29+. The fourth-order valence-corrected chi connectivity index (χ4v) is 10.2. The van der Waals surface area contributed by atoms with Crippen molar-refractivity contribution in [3.63, 3.8) is 0 Å². The molecule has 6 aliphatic carbocycles. The molecule has 6 bridgehead atoms. The van der Waals surface area contributed by atoms with Crippen LogP contribution < -0.4 is 0 Å². The van der Waals surface area contributed by atoms with Crippen LogP contribution in [0.4, 0.5) is 0 Å². The maximum atomic E-state index is 6.42. The van der Waals surface area contributed by atoms with E-state index in [9.17, 15) is 0 Å². The van der Waals surface area contributed by atoms with E-state index in [-0.39, 0.29) is 0 Å². The first-order valence-corrected chi connectivity index (χ1v) is 14.3. The maximum Gasteiger partial charge on any atom is 0.0500 e. The fraction of sp³-hybridized carbons (Fsp3) is 1.00. The van der Waals surface area contributed by atoms with E-state index in [1.165, 1.54) is 70.6 Å². The zero-order valence-electron chi connectivity index (χ0n) is 20.4. The third kappa shape index (κ3) is 4.05. The average Bonchev–Trinajstić information content (AvgIpc) is 3.60. The molecule has 0 amide bonds. The van der Waals surface area contributed by atoms with Crippen LogP contribution in [0.15, 0.2) is 0 Å². The van der Waals surface area contributed by atoms with E-state index in [1.54, 1.807) is 0 Å². The van der Waals surface area contributed by atoms with E-state index in [2.05, 4.69) is 13.8 Å². The van der Waals surface area contributed by atoms with Gasteiger partial charge in [0.25, 0.3) is 0 Å². The number of hydrogen-bond acceptors (Lipinski definition) is 2. The zero-order valence-corrected chi connectivity index (χ0v) is 20.4. The van der Waals surface area contributed by atoms with Crippen LogP contribution >= 0.6 is 0 Å². The summed E-state index contributed by atoms with van der Waals surface area (Å²) in [5.74, 6) is 11.3. The predicted molar refractivity (Wildman–Crippen MR) is 126 cm³/mol. The van der Waals surface area contributed by atoms with Crippen molar-refractivity contribution in [3.05, 3.63) is 0 Å². The second-order valence-corrected chi connectivity index (χ2v) is 13.2. The van der Waals surface area contributed by atoms with Crippen LogP contribution in [0.2, 0.25) is 0 Å². The highest BCUT2D eigenvalue weighted by molar-refractivity contribution is 5.02. The van der Waals surface area contributed by atoms with Gasteiger partial charge in [0.1, 0.15) is 0 Å². The van der Waals surface area contributed by atoms with E-state index >= 15 is 0 Å². The summed E-state index contributed by atoms with van der Waals surface area (Å²) < 4.78 is 12.8. The van der Waals surface area contributed by atoms with Gasteiger partial charge in [-0.15, -0.1) is 0 Å². The molecule has 2 nitrogen and oxygen atoms in total. The lowest BCUT2D eigenvalue weighted by atomic mass is 9.70. The lowest BCUT2D eigenvalue weighted by Crippen LogP contribution is -2.37. The Morgan fingerprint density at radius 2 is 1.06 bits per heavy atom. The molecule has 10 unspecified atom stereocenters. The summed E-state index contributed by atoms with van der Waals surface area (Å²) in [4.78, 5) is 0. The second-order valence-electron chi connectivity index (χ2n) is 13.2. The number of fused-ring (bicyclic) bond motifs is 6. The van der Waals surface area contributed by atoms with Crippen LogP contribution in [-0.4, -0.2) is 26.4 Å². The van der Waals surface area contributed by atoms with Gasteiger partial charge in [-0.1, -0.05) is 26.7 Å². The molecule has 6 saturated carbocycles. The van der Waals surface area contributed by atoms with Crippen LogP contribution in [0.3, 0.4) is 0 Å². The average molecular weight is 429 g/mol. The van der Waals surface area contributed by atoms with Crippen LogP contribution in [0, 0.1) is 71.0 Å². The summed E-state index contributed by atoms with van der Waals surface area (Å²) in [6.07, 6.45) is 16.3. The molecule has 12 atom stereocenters. The molecule has 0 heterocycles. The molecule has 0 saturated heterocycles. The Labute approximate surface area is 191 Å². The minimum Gasteiger partial charge on any atom is -0.381 e. The highest BCUT2D eigenvalue weighted by atomic mass is 16.5. The van der Waals surface area contributed by atoms with Crippen molar-refractivity contribution in [1.29, 1.82) is 0 Å². The molecule has 2 heteroatoms. The molecule has 176 valence electrons. The van der Waals surface area contributed by atoms with Crippen molar-refractivity contribution >= 4 is 0 Å². The Hall–Kier alpha value is -0.0800. The molecule has 0 spiro atoms. The molecule has 0 aromatic carbocycles. The van der Waals surface area contributed by atoms with Crippen LogP contribution in [-0.2, 0) is 9.47 Å². The third-order valence-electron chi connectivity index (χ3n) is 12.0. The van der Waals surface area contributed by atoms with Gasteiger partial charge in [-0.05, 0) is 129 Å². The Kier molecular flexibility index (Phi) is 6.18. The van der Waals surface area contributed by atoms with Gasteiger partial charge in [0.2, 0.25) is 0 Å². The Morgan fingerprint density at radius 3 is 1.45 bits per heavy atom. The van der Waals surface area contributed by atoms with Gasteiger partial charge in [-0.25, -0.2) is 0 Å². The topological polar surface area (TPSA) is 18.5 Å². The summed E-state index contributed by atoms with van der Waals surface area (Å²) >= 11 is 0. The molecule has 0 aromatic rings. The molecule has 6 fully saturated rings. The summed E-state index contributed by atoms with van der Waals surface area (Å²) in [5.41, 5.74) is 0. The van der Waals surface area contributed by atoms with E-state index in [1.807, 2.05) is 0 Å². The van der Waals surface area contributed by atoms with Gasteiger partial charge >= 0.3 is 0 Å². The van der Waals surface area contributed by atoms with E-state index in [0.717, 1.165) is 97.4 Å². The molecular weight excluding hydrogens is 380 g/mol. The highest BCUT2D eigenvalue weighted by Gasteiger charge is 2.54. The first-order chi connectivity index (χ1) is 15.2. The largest absolute Gasteiger partial charge is 0.381 e. The summed E-state index contributed by atoms with van der Waals surface area (Å²) in [6, 6.07) is 0. The highest BCUT2D eigenvalue weighted by Crippen LogP contribution is 2.58. The smallest absolute Gasteiger partial charge is 0.0500 e. The SMILES string of the molecule is CC1C(C)C2CC1[C@@H](COCCC1CC3CCC1C3)[C@H]2COCCC1CC2CCC1C2. The lowest BCUT2D eigenvalue weighted by molar-refractivity contribution is -0.0223. The van der Waals surface area contributed by atoms with Gasteiger partial charge in [-0.2, -0.15) is 0 Å². The maximum absolute atomic E-state index is 6.42. The molecule has 0 aromatic heterocycles. The second kappa shape index (κ2) is 8.94. The molecule has 0 radical (unpaired) electrons. The Balaban J connectivity index is 0.958. The van der Waals surface area contributed by atoms with Crippen molar-refractivity contribution in [2.24, 2.45) is 71.0 Å². The minimum absolute atomic E-state index is 0.763. The van der Waals surface area contributed by atoms with E-state index < -0.39 is 0 Å². The molecule has 6 aliphatic rings. The first-order valence-electron chi connectivity index (χ1n) is 14.3. The molecule has 6 rings (SSSR count). The monoisotopic (exact) mass is 428 g/mol. The Morgan fingerprint density at radius 1 is 0.581 bits per heavy atom. The van der Waals surface area contributed by atoms with E-state index in [0.29, 0.717) is 0 Å². The quantitative estimate of drug-likeness (QED) is 0.355. The molecule has 0 aliphatic heterocycles. The first kappa shape index (κ1) is 21.5. The van der Waals surface area contributed by atoms with Crippen molar-refractivity contribution < 1.29 is 9.47 Å². The summed E-state index contributed by atoms with van der Waals surface area (Å²) in [5, 5.41) is 0. The minimum atomic E-state index is 0.763. The Bertz CT molecular complexity index is 566. The lowest BCUT2D eigenvalue weighted by Gasteiger charge is -2.38. The van der Waals surface area contributed by atoms with Crippen molar-refractivity contribution in [2.45, 2.75) is 84.5 Å². The van der Waals surface area contributed by atoms with Crippen LogP contribution in [0.5, 0.6) is 0 Å². The van der Waals surface area contributed by atoms with E-state index in [4.69, 9.17) is 9.47 Å². The molecular formula is C29H48O2. The van der Waals surface area contributed by atoms with Gasteiger partial charge in [0, 0.05) is 13.2 Å². The number of hydrogen-bond donors (Lipinski definition) is 0. The normalized spacial score (nSPS) is 52.1. The van der Waals surface area contributed by atoms with Gasteiger partial charge < -0.3 is 9.47 Å². The van der Waals surface area contributed by atoms with Gasteiger partial charge in [0.05, 0.1) is 13.2 Å². The van der Waals surface area contributed by atoms with Crippen LogP contribution in [0.1, 0.15) is 84.5 Å². The van der Waals surface area contributed by atoms with Gasteiger partial charge in [-0.3, -0.25) is 0 Å². The zero-order chi connectivity index (χ0) is 20.9. The fourth-order valence-electron chi connectivity index (χ4n) is 10.2.